The number of carbonyl (C=O) groups excluding carboxylic acids is 1. The Balaban J connectivity index is 2.72. The van der Waals surface area contributed by atoms with Gasteiger partial charge in [-0.1, -0.05) is 37.0 Å². The average molecular weight is 223 g/mol. The fraction of sp³-hybridized carbons (Fsp3) is 0.625. The SMILES string of the molecule is CC1(C)[C@H](C=C(Cl)Cl)[C@@H]1C(=O)NN. The van der Waals surface area contributed by atoms with Crippen molar-refractivity contribution < 1.29 is 4.79 Å². The van der Waals surface area contributed by atoms with Gasteiger partial charge in [0, 0.05) is 0 Å². The van der Waals surface area contributed by atoms with E-state index < -0.39 is 0 Å². The molecule has 1 saturated carbocycles. The molecule has 1 fully saturated rings. The standard InChI is InChI=1S/C8H12Cl2N2O/c1-8(2)4(3-5(9)10)6(8)7(13)12-11/h3-4,6H,11H2,1-2H3,(H,12,13)/t4-,6-/m1/s1. The first kappa shape index (κ1) is 10.8. The lowest BCUT2D eigenvalue weighted by atomic mass is 10.1. The van der Waals surface area contributed by atoms with Crippen LogP contribution in [0.5, 0.6) is 0 Å². The molecule has 0 aromatic heterocycles. The van der Waals surface area contributed by atoms with Gasteiger partial charge in [-0.25, -0.2) is 5.84 Å². The van der Waals surface area contributed by atoms with E-state index in [0.717, 1.165) is 0 Å². The van der Waals surface area contributed by atoms with Crippen LogP contribution in [-0.2, 0) is 4.79 Å². The van der Waals surface area contributed by atoms with Crippen LogP contribution in [0.1, 0.15) is 13.8 Å². The van der Waals surface area contributed by atoms with Crippen molar-refractivity contribution in [1.29, 1.82) is 0 Å². The summed E-state index contributed by atoms with van der Waals surface area (Å²) in [6, 6.07) is 0. The van der Waals surface area contributed by atoms with Gasteiger partial charge in [-0.3, -0.25) is 10.2 Å². The Bertz CT molecular complexity index is 259. The van der Waals surface area contributed by atoms with Crippen LogP contribution in [0.15, 0.2) is 10.6 Å². The molecule has 2 atom stereocenters. The molecule has 0 radical (unpaired) electrons. The second kappa shape index (κ2) is 3.48. The summed E-state index contributed by atoms with van der Waals surface area (Å²) in [7, 11) is 0. The third kappa shape index (κ3) is 1.98. The summed E-state index contributed by atoms with van der Waals surface area (Å²) in [5.74, 6) is 4.84. The first-order valence-corrected chi connectivity index (χ1v) is 4.70. The molecule has 5 heteroatoms. The molecular formula is C8H12Cl2N2O. The molecule has 1 aliphatic carbocycles. The Hall–Kier alpha value is -0.250. The molecule has 3 nitrogen and oxygen atoms in total. The number of amides is 1. The largest absolute Gasteiger partial charge is 0.294 e. The van der Waals surface area contributed by atoms with Crippen molar-refractivity contribution in [2.75, 3.05) is 0 Å². The molecular weight excluding hydrogens is 211 g/mol. The number of halogens is 2. The van der Waals surface area contributed by atoms with Gasteiger partial charge < -0.3 is 0 Å². The van der Waals surface area contributed by atoms with Crippen LogP contribution in [0.3, 0.4) is 0 Å². The van der Waals surface area contributed by atoms with Gasteiger partial charge >= 0.3 is 0 Å². The van der Waals surface area contributed by atoms with Crippen molar-refractivity contribution in [3.63, 3.8) is 0 Å². The van der Waals surface area contributed by atoms with E-state index >= 15 is 0 Å². The number of hydrazine groups is 1. The van der Waals surface area contributed by atoms with E-state index in [4.69, 9.17) is 29.0 Å². The van der Waals surface area contributed by atoms with Gasteiger partial charge in [-0.05, 0) is 17.4 Å². The quantitative estimate of drug-likeness (QED) is 0.424. The highest BCUT2D eigenvalue weighted by Crippen LogP contribution is 2.59. The topological polar surface area (TPSA) is 55.1 Å². The molecule has 13 heavy (non-hydrogen) atoms. The molecule has 74 valence electrons. The van der Waals surface area contributed by atoms with Crippen LogP contribution in [0.25, 0.3) is 0 Å². The van der Waals surface area contributed by atoms with Crippen LogP contribution in [-0.4, -0.2) is 5.91 Å². The average Bonchev–Trinajstić information content (AvgIpc) is 2.51. The summed E-state index contributed by atoms with van der Waals surface area (Å²) >= 11 is 11.0. The van der Waals surface area contributed by atoms with E-state index in [1.807, 2.05) is 13.8 Å². The highest BCUT2D eigenvalue weighted by atomic mass is 35.5. The predicted molar refractivity (Wildman–Crippen MR) is 52.9 cm³/mol. The Labute approximate surface area is 87.2 Å². The van der Waals surface area contributed by atoms with Crippen molar-refractivity contribution >= 4 is 29.1 Å². The molecule has 3 N–H and O–H groups in total. The number of nitrogens with two attached hydrogens (primary N) is 1. The van der Waals surface area contributed by atoms with E-state index in [0.29, 0.717) is 0 Å². The Morgan fingerprint density at radius 3 is 2.46 bits per heavy atom. The number of allylic oxidation sites excluding steroid dienone is 1. The molecule has 0 aliphatic heterocycles. The summed E-state index contributed by atoms with van der Waals surface area (Å²) in [5.41, 5.74) is 2.03. The maximum absolute atomic E-state index is 11.2. The molecule has 0 heterocycles. The van der Waals surface area contributed by atoms with Crippen LogP contribution >= 0.6 is 23.2 Å². The minimum atomic E-state index is -0.166. The fourth-order valence-electron chi connectivity index (χ4n) is 1.72. The highest BCUT2D eigenvalue weighted by Gasteiger charge is 2.60. The smallest absolute Gasteiger partial charge is 0.238 e. The first-order valence-electron chi connectivity index (χ1n) is 3.94. The molecule has 0 aromatic carbocycles. The third-order valence-electron chi connectivity index (χ3n) is 2.64. The van der Waals surface area contributed by atoms with Gasteiger partial charge in [0.25, 0.3) is 0 Å². The zero-order chi connectivity index (χ0) is 10.2. The summed E-state index contributed by atoms with van der Waals surface area (Å²) in [5, 5.41) is 0. The van der Waals surface area contributed by atoms with E-state index in [2.05, 4.69) is 5.43 Å². The Morgan fingerprint density at radius 2 is 2.08 bits per heavy atom. The maximum atomic E-state index is 11.2. The molecule has 0 bridgehead atoms. The minimum Gasteiger partial charge on any atom is -0.294 e. The second-order valence-corrected chi connectivity index (χ2v) is 4.80. The molecule has 0 saturated heterocycles. The van der Waals surface area contributed by atoms with Crippen molar-refractivity contribution in [3.8, 4) is 0 Å². The lowest BCUT2D eigenvalue weighted by Gasteiger charge is -1.99. The zero-order valence-corrected chi connectivity index (χ0v) is 8.99. The number of carbonyl (C=O) groups is 1. The lowest BCUT2D eigenvalue weighted by Crippen LogP contribution is -2.32. The Kier molecular flexibility index (Phi) is 2.90. The van der Waals surface area contributed by atoms with Gasteiger partial charge in [0.15, 0.2) is 0 Å². The third-order valence-corrected chi connectivity index (χ3v) is 2.89. The summed E-state index contributed by atoms with van der Waals surface area (Å²) in [4.78, 5) is 11.2. The minimum absolute atomic E-state index is 0.0843. The van der Waals surface area contributed by atoms with Crippen molar-refractivity contribution in [3.05, 3.63) is 10.6 Å². The van der Waals surface area contributed by atoms with Gasteiger partial charge in [-0.2, -0.15) is 0 Å². The van der Waals surface area contributed by atoms with Crippen molar-refractivity contribution in [2.24, 2.45) is 23.1 Å². The van der Waals surface area contributed by atoms with Crippen LogP contribution in [0.2, 0.25) is 0 Å². The number of rotatable bonds is 2. The van der Waals surface area contributed by atoms with Crippen LogP contribution < -0.4 is 11.3 Å². The normalized spacial score (nSPS) is 29.3. The lowest BCUT2D eigenvalue weighted by molar-refractivity contribution is -0.123. The molecule has 1 amide bonds. The van der Waals surface area contributed by atoms with E-state index in [9.17, 15) is 4.79 Å². The second-order valence-electron chi connectivity index (χ2n) is 3.79. The van der Waals surface area contributed by atoms with Gasteiger partial charge in [0.2, 0.25) is 5.91 Å². The molecule has 0 spiro atoms. The molecule has 0 unspecified atom stereocenters. The first-order chi connectivity index (χ1) is 5.91. The van der Waals surface area contributed by atoms with E-state index in [1.165, 1.54) is 0 Å². The maximum Gasteiger partial charge on any atom is 0.238 e. The van der Waals surface area contributed by atoms with E-state index in [-0.39, 0.29) is 27.6 Å². The Morgan fingerprint density at radius 1 is 1.54 bits per heavy atom. The van der Waals surface area contributed by atoms with Crippen molar-refractivity contribution in [2.45, 2.75) is 13.8 Å². The van der Waals surface area contributed by atoms with Crippen molar-refractivity contribution in [1.82, 2.24) is 5.43 Å². The number of nitrogens with one attached hydrogen (secondary N) is 1. The van der Waals surface area contributed by atoms with Crippen LogP contribution in [0.4, 0.5) is 0 Å². The number of hydrogen-bond acceptors (Lipinski definition) is 2. The summed E-state index contributed by atoms with van der Waals surface area (Å²) in [6.45, 7) is 3.95. The fourth-order valence-corrected chi connectivity index (χ4v) is 1.99. The molecule has 1 rings (SSSR count). The van der Waals surface area contributed by atoms with Crippen LogP contribution in [0, 0.1) is 17.3 Å². The van der Waals surface area contributed by atoms with Gasteiger partial charge in [0.05, 0.1) is 5.92 Å². The summed E-state index contributed by atoms with van der Waals surface area (Å²) < 4.78 is 0.199. The van der Waals surface area contributed by atoms with E-state index in [1.54, 1.807) is 6.08 Å². The molecule has 1 aliphatic rings. The molecule has 0 aromatic rings. The highest BCUT2D eigenvalue weighted by molar-refractivity contribution is 6.55. The zero-order valence-electron chi connectivity index (χ0n) is 7.47. The monoisotopic (exact) mass is 222 g/mol. The van der Waals surface area contributed by atoms with Gasteiger partial charge in [-0.15, -0.1) is 0 Å². The van der Waals surface area contributed by atoms with Gasteiger partial charge in [0.1, 0.15) is 4.49 Å². The predicted octanol–water partition coefficient (Wildman–Crippen LogP) is 1.57. The number of hydrogen-bond donors (Lipinski definition) is 2. The summed E-state index contributed by atoms with van der Waals surface area (Å²) in [6.07, 6.45) is 1.68.